The second-order valence-electron chi connectivity index (χ2n) is 6.33. The van der Waals surface area contributed by atoms with Gasteiger partial charge in [-0.1, -0.05) is 0 Å². The molecule has 0 radical (unpaired) electrons. The number of carbonyl (C=O) groups is 4. The predicted molar refractivity (Wildman–Crippen MR) is 78.9 cm³/mol. The molecule has 2 aliphatic carbocycles. The van der Waals surface area contributed by atoms with Crippen molar-refractivity contribution < 1.29 is 38.9 Å². The highest BCUT2D eigenvalue weighted by Gasteiger charge is 2.48. The van der Waals surface area contributed by atoms with Crippen molar-refractivity contribution in [3.63, 3.8) is 0 Å². The molecular formula is C16H22O8. The number of esters is 2. The maximum absolute atomic E-state index is 11.7. The molecule has 0 aliphatic heterocycles. The lowest BCUT2D eigenvalue weighted by molar-refractivity contribution is -0.155. The van der Waals surface area contributed by atoms with E-state index in [1.807, 2.05) is 0 Å². The Balaban J connectivity index is 1.78. The van der Waals surface area contributed by atoms with Crippen LogP contribution in [0.5, 0.6) is 0 Å². The van der Waals surface area contributed by atoms with Gasteiger partial charge in [-0.3, -0.25) is 19.2 Å². The topological polar surface area (TPSA) is 127 Å². The zero-order chi connectivity index (χ0) is 17.7. The highest BCUT2D eigenvalue weighted by molar-refractivity contribution is 5.77. The van der Waals surface area contributed by atoms with Crippen LogP contribution in [0.25, 0.3) is 0 Å². The summed E-state index contributed by atoms with van der Waals surface area (Å²) in [5.74, 6) is -2.85. The Kier molecular flexibility index (Phi) is 6.16. The van der Waals surface area contributed by atoms with Crippen molar-refractivity contribution in [1.29, 1.82) is 0 Å². The summed E-state index contributed by atoms with van der Waals surface area (Å²) in [6.07, 6.45) is 1.63. The van der Waals surface area contributed by atoms with E-state index in [0.29, 0.717) is 12.8 Å². The van der Waals surface area contributed by atoms with Gasteiger partial charge in [0.05, 0.1) is 25.7 Å². The third-order valence-electron chi connectivity index (χ3n) is 4.73. The molecule has 4 atom stereocenters. The van der Waals surface area contributed by atoms with Gasteiger partial charge in [0.2, 0.25) is 0 Å². The fourth-order valence-corrected chi connectivity index (χ4v) is 3.66. The van der Waals surface area contributed by atoms with Crippen LogP contribution >= 0.6 is 0 Å². The van der Waals surface area contributed by atoms with Gasteiger partial charge in [-0.2, -0.15) is 0 Å². The smallest absolute Gasteiger partial charge is 0.306 e. The molecule has 0 spiro atoms. The first-order valence-corrected chi connectivity index (χ1v) is 8.19. The number of aliphatic carboxylic acids is 2. The quantitative estimate of drug-likeness (QED) is 0.633. The van der Waals surface area contributed by atoms with Gasteiger partial charge in [0.1, 0.15) is 12.2 Å². The van der Waals surface area contributed by atoms with Crippen LogP contribution in [0.1, 0.15) is 51.4 Å². The Morgan fingerprint density at radius 1 is 0.667 bits per heavy atom. The molecule has 2 aliphatic rings. The van der Waals surface area contributed by atoms with Crippen molar-refractivity contribution in [3.05, 3.63) is 0 Å². The number of carbonyl (C=O) groups excluding carboxylic acids is 2. The van der Waals surface area contributed by atoms with Crippen LogP contribution in [-0.2, 0) is 28.7 Å². The standard InChI is InChI=1S/C16H22O8/c17-13(18)5-7-15(21)23-11-3-1-9-10(11)2-4-12(9)24-16(22)8-6-14(19)20/h9-12H,1-8H2,(H,17,18)(H,19,20)/t9-,10-,11-,12+/m0/s1. The van der Waals surface area contributed by atoms with Crippen LogP contribution in [0.3, 0.4) is 0 Å². The van der Waals surface area contributed by atoms with Gasteiger partial charge in [0.15, 0.2) is 0 Å². The lowest BCUT2D eigenvalue weighted by atomic mass is 9.98. The highest BCUT2D eigenvalue weighted by Crippen LogP contribution is 2.47. The van der Waals surface area contributed by atoms with Gasteiger partial charge in [0.25, 0.3) is 0 Å². The number of carboxylic acid groups (broad SMARTS) is 2. The summed E-state index contributed by atoms with van der Waals surface area (Å²) in [6.45, 7) is 0. The predicted octanol–water partition coefficient (Wildman–Crippen LogP) is 1.36. The van der Waals surface area contributed by atoms with Crippen LogP contribution in [0.4, 0.5) is 0 Å². The van der Waals surface area contributed by atoms with E-state index in [0.717, 1.165) is 12.8 Å². The van der Waals surface area contributed by atoms with Gasteiger partial charge in [-0.05, 0) is 25.7 Å². The maximum atomic E-state index is 11.7. The first-order chi connectivity index (χ1) is 11.4. The average Bonchev–Trinajstić information content (AvgIpc) is 3.07. The molecule has 0 bridgehead atoms. The van der Waals surface area contributed by atoms with E-state index in [-0.39, 0.29) is 49.7 Å². The van der Waals surface area contributed by atoms with Crippen LogP contribution in [-0.4, -0.2) is 46.3 Å². The van der Waals surface area contributed by atoms with Gasteiger partial charge < -0.3 is 19.7 Å². The molecule has 0 amide bonds. The van der Waals surface area contributed by atoms with Gasteiger partial charge in [0, 0.05) is 11.8 Å². The summed E-state index contributed by atoms with van der Waals surface area (Å²) in [4.78, 5) is 44.3. The van der Waals surface area contributed by atoms with Crippen LogP contribution in [0.15, 0.2) is 0 Å². The normalized spacial score (nSPS) is 28.2. The molecule has 8 heteroatoms. The number of fused-ring (bicyclic) bond motifs is 1. The van der Waals surface area contributed by atoms with Crippen molar-refractivity contribution in [3.8, 4) is 0 Å². The largest absolute Gasteiger partial charge is 0.481 e. The molecule has 0 heterocycles. The molecule has 8 nitrogen and oxygen atoms in total. The fraction of sp³-hybridized carbons (Fsp3) is 0.750. The van der Waals surface area contributed by atoms with E-state index >= 15 is 0 Å². The van der Waals surface area contributed by atoms with Gasteiger partial charge in [-0.15, -0.1) is 0 Å². The molecule has 0 saturated heterocycles. The summed E-state index contributed by atoms with van der Waals surface area (Å²) in [5.41, 5.74) is 0. The number of hydrogen-bond acceptors (Lipinski definition) is 6. The first-order valence-electron chi connectivity index (χ1n) is 8.19. The number of carboxylic acids is 2. The van der Waals surface area contributed by atoms with Gasteiger partial charge in [-0.25, -0.2) is 0 Å². The zero-order valence-corrected chi connectivity index (χ0v) is 13.3. The fourth-order valence-electron chi connectivity index (χ4n) is 3.66. The molecule has 0 aromatic rings. The maximum Gasteiger partial charge on any atom is 0.306 e. The minimum absolute atomic E-state index is 0.121. The minimum Gasteiger partial charge on any atom is -0.481 e. The number of hydrogen-bond donors (Lipinski definition) is 2. The first kappa shape index (κ1) is 18.2. The molecule has 0 aromatic heterocycles. The molecule has 24 heavy (non-hydrogen) atoms. The van der Waals surface area contributed by atoms with E-state index in [1.165, 1.54) is 0 Å². The summed E-state index contributed by atoms with van der Waals surface area (Å²) >= 11 is 0. The SMILES string of the molecule is O=C(O)CCC(=O)O[C@H]1CC[C@H]2[C@@H]1CC[C@H]2OC(=O)CCC(=O)O. The molecule has 2 N–H and O–H groups in total. The van der Waals surface area contributed by atoms with Gasteiger partial charge >= 0.3 is 23.9 Å². The monoisotopic (exact) mass is 342 g/mol. The van der Waals surface area contributed by atoms with Crippen LogP contribution in [0, 0.1) is 11.8 Å². The lowest BCUT2D eigenvalue weighted by Crippen LogP contribution is -2.26. The summed E-state index contributed by atoms with van der Waals surface area (Å²) < 4.78 is 10.8. The molecule has 0 aromatic carbocycles. The van der Waals surface area contributed by atoms with E-state index < -0.39 is 23.9 Å². The third-order valence-corrected chi connectivity index (χ3v) is 4.73. The Morgan fingerprint density at radius 3 is 1.38 bits per heavy atom. The van der Waals surface area contributed by atoms with Crippen LogP contribution in [0.2, 0.25) is 0 Å². The molecule has 2 rings (SSSR count). The van der Waals surface area contributed by atoms with E-state index in [4.69, 9.17) is 19.7 Å². The Bertz CT molecular complexity index is 468. The van der Waals surface area contributed by atoms with Crippen molar-refractivity contribution in [2.24, 2.45) is 11.8 Å². The summed E-state index contributed by atoms with van der Waals surface area (Å²) in [5, 5.41) is 17.2. The lowest BCUT2D eigenvalue weighted by Gasteiger charge is -2.21. The number of ether oxygens (including phenoxy) is 2. The Labute approximate surface area is 139 Å². The van der Waals surface area contributed by atoms with Crippen LogP contribution < -0.4 is 0 Å². The summed E-state index contributed by atoms with van der Waals surface area (Å²) in [7, 11) is 0. The number of rotatable bonds is 8. The second kappa shape index (κ2) is 8.12. The molecule has 2 fully saturated rings. The average molecular weight is 342 g/mol. The van der Waals surface area contributed by atoms with Crippen molar-refractivity contribution in [2.75, 3.05) is 0 Å². The Hall–Kier alpha value is -2.12. The minimum atomic E-state index is -1.04. The highest BCUT2D eigenvalue weighted by atomic mass is 16.6. The van der Waals surface area contributed by atoms with Crippen molar-refractivity contribution in [2.45, 2.75) is 63.6 Å². The van der Waals surface area contributed by atoms with Crippen molar-refractivity contribution in [1.82, 2.24) is 0 Å². The molecule has 2 saturated carbocycles. The Morgan fingerprint density at radius 2 is 1.04 bits per heavy atom. The molecule has 134 valence electrons. The second-order valence-corrected chi connectivity index (χ2v) is 6.33. The summed E-state index contributed by atoms with van der Waals surface area (Å²) in [6, 6.07) is 0. The van der Waals surface area contributed by atoms with E-state index in [9.17, 15) is 19.2 Å². The van der Waals surface area contributed by atoms with Crippen molar-refractivity contribution >= 4 is 23.9 Å². The molecular weight excluding hydrogens is 320 g/mol. The van der Waals surface area contributed by atoms with E-state index in [2.05, 4.69) is 0 Å². The zero-order valence-electron chi connectivity index (χ0n) is 13.3. The van der Waals surface area contributed by atoms with E-state index in [1.54, 1.807) is 0 Å². The third kappa shape index (κ3) is 4.94. The molecule has 0 unspecified atom stereocenters.